The van der Waals surface area contributed by atoms with E-state index in [4.69, 9.17) is 11.6 Å². The summed E-state index contributed by atoms with van der Waals surface area (Å²) in [4.78, 5) is 12.0. The molecule has 1 aromatic carbocycles. The minimum Gasteiger partial charge on any atom is -0.384 e. The summed E-state index contributed by atoms with van der Waals surface area (Å²) in [7, 11) is 0. The molecule has 0 aromatic heterocycles. The lowest BCUT2D eigenvalue weighted by molar-refractivity contribution is -0.121. The number of nitrogens with one attached hydrogen (secondary N) is 2. The Hall–Kier alpha value is -1.22. The normalized spacial score (nSPS) is 16.3. The largest absolute Gasteiger partial charge is 0.384 e. The van der Waals surface area contributed by atoms with Crippen LogP contribution < -0.4 is 10.6 Å². The predicted molar refractivity (Wildman–Crippen MR) is 88.9 cm³/mol. The minimum absolute atomic E-state index is 0.146. The SMILES string of the molecule is Cc1ccc(NCCC(=O)NC2CCCCCC2)cc1Cl. The van der Waals surface area contributed by atoms with Crippen LogP contribution in [0.4, 0.5) is 5.69 Å². The number of hydrogen-bond acceptors (Lipinski definition) is 2. The van der Waals surface area contributed by atoms with Gasteiger partial charge in [0, 0.05) is 29.7 Å². The Kier molecular flexibility index (Phi) is 6.37. The Labute approximate surface area is 132 Å². The molecule has 1 fully saturated rings. The minimum atomic E-state index is 0.146. The third-order valence-corrected chi connectivity index (χ3v) is 4.48. The van der Waals surface area contributed by atoms with Crippen LogP contribution in [-0.4, -0.2) is 18.5 Å². The van der Waals surface area contributed by atoms with Gasteiger partial charge < -0.3 is 10.6 Å². The van der Waals surface area contributed by atoms with E-state index >= 15 is 0 Å². The van der Waals surface area contributed by atoms with Crippen LogP contribution in [0, 0.1) is 6.92 Å². The maximum Gasteiger partial charge on any atom is 0.221 e. The van der Waals surface area contributed by atoms with Crippen molar-refractivity contribution in [1.82, 2.24) is 5.32 Å². The Morgan fingerprint density at radius 1 is 1.24 bits per heavy atom. The van der Waals surface area contributed by atoms with Crippen molar-refractivity contribution in [3.05, 3.63) is 28.8 Å². The summed E-state index contributed by atoms with van der Waals surface area (Å²) in [5.41, 5.74) is 2.03. The second-order valence-corrected chi connectivity index (χ2v) is 6.30. The molecule has 0 bridgehead atoms. The van der Waals surface area contributed by atoms with Crippen molar-refractivity contribution in [1.29, 1.82) is 0 Å². The zero-order chi connectivity index (χ0) is 15.1. The predicted octanol–water partition coefficient (Wildman–Crippen LogP) is 4.29. The van der Waals surface area contributed by atoms with Gasteiger partial charge in [0.1, 0.15) is 0 Å². The molecule has 2 rings (SSSR count). The number of carbonyl (C=O) groups is 1. The van der Waals surface area contributed by atoms with Crippen molar-refractivity contribution >= 4 is 23.2 Å². The Morgan fingerprint density at radius 2 is 1.95 bits per heavy atom. The second kappa shape index (κ2) is 8.28. The van der Waals surface area contributed by atoms with Crippen LogP contribution in [0.15, 0.2) is 18.2 Å². The fourth-order valence-corrected chi connectivity index (χ4v) is 2.93. The first kappa shape index (κ1) is 16.2. The molecule has 1 saturated carbocycles. The van der Waals surface area contributed by atoms with E-state index in [2.05, 4.69) is 10.6 Å². The van der Waals surface area contributed by atoms with E-state index in [1.165, 1.54) is 25.7 Å². The van der Waals surface area contributed by atoms with Gasteiger partial charge in [-0.3, -0.25) is 4.79 Å². The number of aryl methyl sites for hydroxylation is 1. The van der Waals surface area contributed by atoms with Gasteiger partial charge in [-0.25, -0.2) is 0 Å². The number of hydrogen-bond donors (Lipinski definition) is 2. The quantitative estimate of drug-likeness (QED) is 0.797. The first-order valence-corrected chi connectivity index (χ1v) is 8.32. The van der Waals surface area contributed by atoms with E-state index in [9.17, 15) is 4.79 Å². The number of halogens is 1. The summed E-state index contributed by atoms with van der Waals surface area (Å²) in [5, 5.41) is 7.16. The molecule has 3 nitrogen and oxygen atoms in total. The van der Waals surface area contributed by atoms with Crippen molar-refractivity contribution in [3.63, 3.8) is 0 Å². The molecule has 1 amide bonds. The highest BCUT2D eigenvalue weighted by molar-refractivity contribution is 6.31. The van der Waals surface area contributed by atoms with Gasteiger partial charge in [-0.15, -0.1) is 0 Å². The van der Waals surface area contributed by atoms with Crippen LogP contribution in [0.5, 0.6) is 0 Å². The average Bonchev–Trinajstić information content (AvgIpc) is 2.71. The molecule has 0 unspecified atom stereocenters. The molecule has 21 heavy (non-hydrogen) atoms. The van der Waals surface area contributed by atoms with E-state index in [1.807, 2.05) is 25.1 Å². The van der Waals surface area contributed by atoms with Crippen molar-refractivity contribution in [3.8, 4) is 0 Å². The third kappa shape index (κ3) is 5.58. The molecule has 0 atom stereocenters. The number of rotatable bonds is 5. The molecule has 0 saturated heterocycles. The van der Waals surface area contributed by atoms with Gasteiger partial charge in [-0.2, -0.15) is 0 Å². The molecule has 0 radical (unpaired) electrons. The lowest BCUT2D eigenvalue weighted by atomic mass is 10.1. The summed E-state index contributed by atoms with van der Waals surface area (Å²) in [6, 6.07) is 6.26. The van der Waals surface area contributed by atoms with E-state index in [0.29, 0.717) is 19.0 Å². The highest BCUT2D eigenvalue weighted by Crippen LogP contribution is 2.20. The van der Waals surface area contributed by atoms with Gasteiger partial charge in [0.15, 0.2) is 0 Å². The van der Waals surface area contributed by atoms with Crippen molar-refractivity contribution in [2.75, 3.05) is 11.9 Å². The standard InChI is InChI=1S/C17H25ClN2O/c1-13-8-9-15(12-16(13)18)19-11-10-17(21)20-14-6-4-2-3-5-7-14/h8-9,12,14,19H,2-7,10-11H2,1H3,(H,20,21). The van der Waals surface area contributed by atoms with Crippen molar-refractivity contribution in [2.45, 2.75) is 57.9 Å². The van der Waals surface area contributed by atoms with E-state index in [-0.39, 0.29) is 5.91 Å². The Morgan fingerprint density at radius 3 is 2.62 bits per heavy atom. The van der Waals surface area contributed by atoms with Gasteiger partial charge >= 0.3 is 0 Å². The summed E-state index contributed by atoms with van der Waals surface area (Å²) >= 11 is 6.08. The summed E-state index contributed by atoms with van der Waals surface area (Å²) in [6.07, 6.45) is 7.86. The highest BCUT2D eigenvalue weighted by Gasteiger charge is 2.14. The number of amides is 1. The number of benzene rings is 1. The highest BCUT2D eigenvalue weighted by atomic mass is 35.5. The third-order valence-electron chi connectivity index (χ3n) is 4.07. The lowest BCUT2D eigenvalue weighted by Crippen LogP contribution is -2.35. The van der Waals surface area contributed by atoms with E-state index in [1.54, 1.807) is 0 Å². The number of carbonyl (C=O) groups excluding carboxylic acids is 1. The van der Waals surface area contributed by atoms with E-state index in [0.717, 1.165) is 29.1 Å². The summed E-state index contributed by atoms with van der Waals surface area (Å²) in [6.45, 7) is 2.62. The van der Waals surface area contributed by atoms with Crippen LogP contribution in [0.2, 0.25) is 5.02 Å². The smallest absolute Gasteiger partial charge is 0.221 e. The van der Waals surface area contributed by atoms with Gasteiger partial charge in [-0.1, -0.05) is 43.4 Å². The molecule has 0 spiro atoms. The monoisotopic (exact) mass is 308 g/mol. The summed E-state index contributed by atoms with van der Waals surface area (Å²) in [5.74, 6) is 0.146. The first-order chi connectivity index (χ1) is 10.1. The van der Waals surface area contributed by atoms with Gasteiger partial charge in [0.25, 0.3) is 0 Å². The van der Waals surface area contributed by atoms with Crippen LogP contribution in [0.25, 0.3) is 0 Å². The average molecular weight is 309 g/mol. The van der Waals surface area contributed by atoms with Gasteiger partial charge in [0.2, 0.25) is 5.91 Å². The fourth-order valence-electron chi connectivity index (χ4n) is 2.75. The van der Waals surface area contributed by atoms with E-state index < -0.39 is 0 Å². The Balaban J connectivity index is 1.69. The molecule has 1 aliphatic carbocycles. The van der Waals surface area contributed by atoms with Crippen LogP contribution in [0.3, 0.4) is 0 Å². The van der Waals surface area contributed by atoms with Crippen molar-refractivity contribution in [2.24, 2.45) is 0 Å². The van der Waals surface area contributed by atoms with Crippen LogP contribution in [0.1, 0.15) is 50.5 Å². The molecule has 0 aliphatic heterocycles. The van der Waals surface area contributed by atoms with Gasteiger partial charge in [0.05, 0.1) is 0 Å². The maximum absolute atomic E-state index is 12.0. The van der Waals surface area contributed by atoms with Gasteiger partial charge in [-0.05, 0) is 37.5 Å². The first-order valence-electron chi connectivity index (χ1n) is 7.94. The zero-order valence-corrected chi connectivity index (χ0v) is 13.5. The fraction of sp³-hybridized carbons (Fsp3) is 0.588. The molecular weight excluding hydrogens is 284 g/mol. The summed E-state index contributed by atoms with van der Waals surface area (Å²) < 4.78 is 0. The molecule has 1 aromatic rings. The topological polar surface area (TPSA) is 41.1 Å². The molecule has 116 valence electrons. The van der Waals surface area contributed by atoms with Crippen molar-refractivity contribution < 1.29 is 4.79 Å². The molecule has 4 heteroatoms. The molecular formula is C17H25ClN2O. The van der Waals surface area contributed by atoms with Crippen LogP contribution >= 0.6 is 11.6 Å². The molecule has 1 aliphatic rings. The molecule has 2 N–H and O–H groups in total. The molecule has 0 heterocycles. The number of anilines is 1. The maximum atomic E-state index is 12.0. The second-order valence-electron chi connectivity index (χ2n) is 5.90. The zero-order valence-electron chi connectivity index (χ0n) is 12.8. The Bertz CT molecular complexity index is 468. The van der Waals surface area contributed by atoms with Crippen LogP contribution in [-0.2, 0) is 4.79 Å². The lowest BCUT2D eigenvalue weighted by Gasteiger charge is -2.16.